The first-order chi connectivity index (χ1) is 17.8. The van der Waals surface area contributed by atoms with Gasteiger partial charge in [0.05, 0.1) is 13.1 Å². The van der Waals surface area contributed by atoms with Gasteiger partial charge in [-0.2, -0.15) is 0 Å². The molecular formula is C27H33N5O5. The maximum Gasteiger partial charge on any atom is 0.334 e. The van der Waals surface area contributed by atoms with Gasteiger partial charge in [0.25, 0.3) is 0 Å². The Balaban J connectivity index is 1.41. The molecule has 196 valence electrons. The molecule has 1 unspecified atom stereocenters. The van der Waals surface area contributed by atoms with Crippen molar-refractivity contribution >= 4 is 17.8 Å². The van der Waals surface area contributed by atoms with Crippen molar-refractivity contribution < 1.29 is 23.9 Å². The molecule has 4 amide bonds. The maximum atomic E-state index is 13.7. The Morgan fingerprint density at radius 3 is 2.57 bits per heavy atom. The molecule has 2 saturated heterocycles. The van der Waals surface area contributed by atoms with Gasteiger partial charge in [-0.25, -0.2) is 14.8 Å². The summed E-state index contributed by atoms with van der Waals surface area (Å²) in [5, 5.41) is 6.20. The number of amides is 4. The number of carbonyl (C=O) groups excluding carboxylic acids is 3. The quantitative estimate of drug-likeness (QED) is 0.645. The van der Waals surface area contributed by atoms with E-state index in [2.05, 4.69) is 5.32 Å². The molecular weight excluding hydrogens is 474 g/mol. The fourth-order valence-corrected chi connectivity index (χ4v) is 5.24. The van der Waals surface area contributed by atoms with Crippen LogP contribution in [0.4, 0.5) is 4.79 Å². The number of carbonyl (C=O) groups is 3. The van der Waals surface area contributed by atoms with Gasteiger partial charge in [-0.15, -0.1) is 0 Å². The Kier molecular flexibility index (Phi) is 6.92. The van der Waals surface area contributed by atoms with Gasteiger partial charge < -0.3 is 24.6 Å². The molecule has 0 aliphatic carbocycles. The van der Waals surface area contributed by atoms with Gasteiger partial charge >= 0.3 is 6.03 Å². The molecule has 3 heterocycles. The summed E-state index contributed by atoms with van der Waals surface area (Å²) in [7, 11) is 1.73. The summed E-state index contributed by atoms with van der Waals surface area (Å²) >= 11 is 0. The molecule has 10 nitrogen and oxygen atoms in total. The number of ether oxygens (including phenoxy) is 2. The highest BCUT2D eigenvalue weighted by Crippen LogP contribution is 2.34. The van der Waals surface area contributed by atoms with Gasteiger partial charge in [-0.3, -0.25) is 9.59 Å². The summed E-state index contributed by atoms with van der Waals surface area (Å²) < 4.78 is 10.9. The van der Waals surface area contributed by atoms with E-state index in [9.17, 15) is 14.4 Å². The summed E-state index contributed by atoms with van der Waals surface area (Å²) in [6, 6.07) is 14.3. The summed E-state index contributed by atoms with van der Waals surface area (Å²) in [6.45, 7) is 5.17. The van der Waals surface area contributed by atoms with E-state index < -0.39 is 12.2 Å². The second-order valence-corrected chi connectivity index (χ2v) is 10.1. The lowest BCUT2D eigenvalue weighted by molar-refractivity contribution is -0.188. The van der Waals surface area contributed by atoms with E-state index in [1.54, 1.807) is 26.9 Å². The lowest BCUT2D eigenvalue weighted by atomic mass is 9.96. The second-order valence-electron chi connectivity index (χ2n) is 10.1. The number of rotatable bonds is 6. The van der Waals surface area contributed by atoms with Crippen LogP contribution >= 0.6 is 0 Å². The van der Waals surface area contributed by atoms with Crippen molar-refractivity contribution in [2.75, 3.05) is 26.9 Å². The molecule has 0 bridgehead atoms. The molecule has 3 aliphatic heterocycles. The van der Waals surface area contributed by atoms with E-state index in [1.807, 2.05) is 62.4 Å². The lowest BCUT2D eigenvalue weighted by Crippen LogP contribution is -2.75. The van der Waals surface area contributed by atoms with Crippen LogP contribution in [0.1, 0.15) is 31.4 Å². The van der Waals surface area contributed by atoms with Crippen molar-refractivity contribution in [1.29, 1.82) is 0 Å². The zero-order valence-corrected chi connectivity index (χ0v) is 21.4. The second kappa shape index (κ2) is 10.3. The average Bonchev–Trinajstić information content (AvgIpc) is 3.33. The largest absolute Gasteiger partial charge is 0.454 e. The Morgan fingerprint density at radius 2 is 1.81 bits per heavy atom. The first kappa shape index (κ1) is 24.9. The first-order valence-electron chi connectivity index (χ1n) is 12.6. The average molecular weight is 508 g/mol. The van der Waals surface area contributed by atoms with Crippen LogP contribution in [0, 0.1) is 5.92 Å². The molecule has 0 aromatic heterocycles. The molecule has 5 rings (SSSR count). The summed E-state index contributed by atoms with van der Waals surface area (Å²) in [5.74, 6) is 1.26. The van der Waals surface area contributed by atoms with Gasteiger partial charge in [0, 0.05) is 20.1 Å². The third-order valence-corrected chi connectivity index (χ3v) is 6.94. The number of hydrogen-bond donors (Lipinski definition) is 1. The van der Waals surface area contributed by atoms with E-state index in [4.69, 9.17) is 9.47 Å². The van der Waals surface area contributed by atoms with E-state index in [0.717, 1.165) is 11.1 Å². The molecule has 37 heavy (non-hydrogen) atoms. The maximum absolute atomic E-state index is 13.7. The van der Waals surface area contributed by atoms with Crippen molar-refractivity contribution in [3.05, 3.63) is 59.7 Å². The molecule has 3 aliphatic rings. The molecule has 1 N–H and O–H groups in total. The number of piperazine rings is 1. The summed E-state index contributed by atoms with van der Waals surface area (Å²) in [4.78, 5) is 43.8. The highest BCUT2D eigenvalue weighted by Gasteiger charge is 2.50. The minimum atomic E-state index is -0.640. The number of likely N-dealkylation sites (N-methyl/N-ethyl adjacent to an activating group) is 1. The van der Waals surface area contributed by atoms with Crippen LogP contribution in [0.2, 0.25) is 0 Å². The monoisotopic (exact) mass is 507 g/mol. The van der Waals surface area contributed by atoms with Crippen molar-refractivity contribution in [2.45, 2.75) is 45.6 Å². The van der Waals surface area contributed by atoms with Gasteiger partial charge in [-0.1, -0.05) is 50.2 Å². The fraction of sp³-hybridized carbons (Fsp3) is 0.444. The Labute approximate surface area is 216 Å². The number of nitrogens with zero attached hydrogens (tertiary/aromatic N) is 4. The number of fused-ring (bicyclic) bond motifs is 2. The summed E-state index contributed by atoms with van der Waals surface area (Å²) in [5.41, 5.74) is 1.87. The standard InChI is InChI=1S/C27H33N5O5/c1-18(2)11-21-26(34)30(14-20-9-10-22-23(12-20)37-17-36-22)15-24-31(21)25(33)16-29(3)32(24)27(35)28-13-19-7-5-4-6-8-19/h4-10,12,18,21,24H,11,13-17H2,1-3H3,(H,28,35)/t21-,24?/m0/s1. The van der Waals surface area contributed by atoms with E-state index in [0.29, 0.717) is 31.0 Å². The van der Waals surface area contributed by atoms with Gasteiger partial charge in [0.2, 0.25) is 18.6 Å². The van der Waals surface area contributed by atoms with Crippen molar-refractivity contribution in [3.63, 3.8) is 0 Å². The zero-order valence-electron chi connectivity index (χ0n) is 21.4. The van der Waals surface area contributed by atoms with Crippen LogP contribution in [0.3, 0.4) is 0 Å². The molecule has 2 aromatic rings. The van der Waals surface area contributed by atoms with E-state index in [-0.39, 0.29) is 43.6 Å². The van der Waals surface area contributed by atoms with Crippen LogP contribution in [0.5, 0.6) is 11.5 Å². The number of urea groups is 1. The molecule has 2 atom stereocenters. The third kappa shape index (κ3) is 5.06. The fourth-order valence-electron chi connectivity index (χ4n) is 5.24. The highest BCUT2D eigenvalue weighted by atomic mass is 16.7. The number of nitrogens with one attached hydrogen (secondary N) is 1. The van der Waals surface area contributed by atoms with E-state index >= 15 is 0 Å². The van der Waals surface area contributed by atoms with Crippen LogP contribution in [-0.4, -0.2) is 76.8 Å². The number of benzene rings is 2. The first-order valence-corrected chi connectivity index (χ1v) is 12.6. The Hall–Kier alpha value is -3.79. The molecule has 0 spiro atoms. The minimum absolute atomic E-state index is 0.0271. The topological polar surface area (TPSA) is 94.7 Å². The molecule has 0 radical (unpaired) electrons. The smallest absolute Gasteiger partial charge is 0.334 e. The molecule has 2 fully saturated rings. The normalized spacial score (nSPS) is 21.5. The predicted octanol–water partition coefficient (Wildman–Crippen LogP) is 2.40. The zero-order chi connectivity index (χ0) is 26.1. The third-order valence-electron chi connectivity index (χ3n) is 6.94. The van der Waals surface area contributed by atoms with Crippen molar-refractivity contribution in [2.24, 2.45) is 5.92 Å². The van der Waals surface area contributed by atoms with Crippen LogP contribution in [0.15, 0.2) is 48.5 Å². The molecule has 2 aromatic carbocycles. The van der Waals surface area contributed by atoms with Gasteiger partial charge in [0.1, 0.15) is 12.2 Å². The lowest BCUT2D eigenvalue weighted by Gasteiger charge is -2.54. The van der Waals surface area contributed by atoms with Crippen LogP contribution in [0.25, 0.3) is 0 Å². The Morgan fingerprint density at radius 1 is 1.05 bits per heavy atom. The van der Waals surface area contributed by atoms with Gasteiger partial charge in [-0.05, 0) is 35.6 Å². The number of hydrazine groups is 1. The molecule has 0 saturated carbocycles. The predicted molar refractivity (Wildman–Crippen MR) is 135 cm³/mol. The highest BCUT2D eigenvalue weighted by molar-refractivity contribution is 5.91. The van der Waals surface area contributed by atoms with Crippen LogP contribution in [-0.2, 0) is 22.7 Å². The van der Waals surface area contributed by atoms with Crippen molar-refractivity contribution in [3.8, 4) is 11.5 Å². The van der Waals surface area contributed by atoms with Crippen LogP contribution < -0.4 is 14.8 Å². The molecule has 10 heteroatoms. The number of hydrogen-bond acceptors (Lipinski definition) is 6. The summed E-state index contributed by atoms with van der Waals surface area (Å²) in [6.07, 6.45) is -0.0977. The SMILES string of the molecule is CC(C)C[C@H]1C(=O)N(Cc2ccc3c(c2)OCO3)CC2N1C(=O)CN(C)N2C(=O)NCc1ccccc1. The van der Waals surface area contributed by atoms with Crippen molar-refractivity contribution in [1.82, 2.24) is 25.1 Å². The minimum Gasteiger partial charge on any atom is -0.454 e. The van der Waals surface area contributed by atoms with Gasteiger partial charge in [0.15, 0.2) is 11.5 Å². The van der Waals surface area contributed by atoms with E-state index in [1.165, 1.54) is 0 Å². The Bertz CT molecular complexity index is 1170.